The van der Waals surface area contributed by atoms with Crippen LogP contribution in [0.3, 0.4) is 0 Å². The van der Waals surface area contributed by atoms with E-state index >= 15 is 0 Å². The van der Waals surface area contributed by atoms with Gasteiger partial charge in [0.2, 0.25) is 5.95 Å². The third-order valence-electron chi connectivity index (χ3n) is 7.51. The Balaban J connectivity index is 1.32. The van der Waals surface area contributed by atoms with Gasteiger partial charge in [-0.15, -0.1) is 0 Å². The SMILES string of the molecule is CCN(CCOC(=O)NCCC(C)CC(C)(C)CNC(=O)Nc1nc(=O)cc(C)[nH]1)c1ccc(/N=N/c2ccc(OCCOC)cc2)cc1. The van der Waals surface area contributed by atoms with Crippen molar-refractivity contribution in [2.24, 2.45) is 21.6 Å². The van der Waals surface area contributed by atoms with Gasteiger partial charge in [0.1, 0.15) is 19.0 Å². The van der Waals surface area contributed by atoms with Crippen molar-refractivity contribution in [3.8, 4) is 5.75 Å². The molecule has 266 valence electrons. The average Bonchev–Trinajstić information content (AvgIpc) is 3.05. The van der Waals surface area contributed by atoms with Crippen LogP contribution in [0.15, 0.2) is 69.6 Å². The van der Waals surface area contributed by atoms with Gasteiger partial charge in [-0.05, 0) is 86.6 Å². The summed E-state index contributed by atoms with van der Waals surface area (Å²) >= 11 is 0. The number of alkyl carbamates (subject to hydrolysis) is 1. The number of carbonyl (C=O) groups is 2. The number of nitrogens with zero attached hydrogens (tertiary/aromatic N) is 4. The second-order valence-electron chi connectivity index (χ2n) is 12.5. The molecule has 0 aliphatic heterocycles. The molecule has 0 fully saturated rings. The fraction of sp³-hybridized carbons (Fsp3) is 0.486. The fourth-order valence-corrected chi connectivity index (χ4v) is 5.11. The molecular weight excluding hydrogens is 628 g/mol. The molecule has 0 spiro atoms. The summed E-state index contributed by atoms with van der Waals surface area (Å²) in [7, 11) is 1.63. The lowest BCUT2D eigenvalue weighted by Gasteiger charge is -2.28. The van der Waals surface area contributed by atoms with E-state index < -0.39 is 17.7 Å². The quantitative estimate of drug-likeness (QED) is 0.0841. The molecule has 1 atom stereocenters. The summed E-state index contributed by atoms with van der Waals surface area (Å²) in [4.78, 5) is 44.9. The Morgan fingerprint density at radius 2 is 1.67 bits per heavy atom. The number of benzene rings is 2. The Bertz CT molecular complexity index is 1540. The number of methoxy groups -OCH3 is 1. The summed E-state index contributed by atoms with van der Waals surface area (Å²) in [6.07, 6.45) is 1.14. The highest BCUT2D eigenvalue weighted by molar-refractivity contribution is 5.87. The van der Waals surface area contributed by atoms with Crippen LogP contribution in [0, 0.1) is 18.3 Å². The first kappa shape index (κ1) is 38.5. The number of nitrogens with one attached hydrogen (secondary N) is 4. The Morgan fingerprint density at radius 3 is 2.31 bits per heavy atom. The minimum absolute atomic E-state index is 0.103. The number of H-pyrrole nitrogens is 1. The largest absolute Gasteiger partial charge is 0.491 e. The highest BCUT2D eigenvalue weighted by Gasteiger charge is 2.22. The highest BCUT2D eigenvalue weighted by atomic mass is 16.5. The summed E-state index contributed by atoms with van der Waals surface area (Å²) in [5.74, 6) is 1.14. The first-order valence-electron chi connectivity index (χ1n) is 16.5. The van der Waals surface area contributed by atoms with E-state index in [1.807, 2.05) is 55.5 Å². The van der Waals surface area contributed by atoms with Crippen molar-refractivity contribution in [1.82, 2.24) is 20.6 Å². The predicted octanol–water partition coefficient (Wildman–Crippen LogP) is 6.34. The van der Waals surface area contributed by atoms with E-state index in [4.69, 9.17) is 14.2 Å². The summed E-state index contributed by atoms with van der Waals surface area (Å²) in [5, 5.41) is 16.9. The number of ether oxygens (including phenoxy) is 3. The zero-order valence-corrected chi connectivity index (χ0v) is 29.4. The maximum Gasteiger partial charge on any atom is 0.407 e. The molecule has 3 amide bonds. The number of hydrogen-bond donors (Lipinski definition) is 4. The average molecular weight is 679 g/mol. The van der Waals surface area contributed by atoms with E-state index in [0.29, 0.717) is 44.5 Å². The number of anilines is 2. The van der Waals surface area contributed by atoms with Crippen LogP contribution < -0.4 is 31.1 Å². The number of aromatic amines is 1. The van der Waals surface area contributed by atoms with E-state index in [0.717, 1.165) is 42.2 Å². The van der Waals surface area contributed by atoms with Gasteiger partial charge in [-0.2, -0.15) is 15.2 Å². The van der Waals surface area contributed by atoms with Gasteiger partial charge in [0.15, 0.2) is 0 Å². The third kappa shape index (κ3) is 14.8. The van der Waals surface area contributed by atoms with Crippen molar-refractivity contribution in [1.29, 1.82) is 0 Å². The highest BCUT2D eigenvalue weighted by Crippen LogP contribution is 2.26. The predicted molar refractivity (Wildman–Crippen MR) is 190 cm³/mol. The van der Waals surface area contributed by atoms with Gasteiger partial charge in [-0.3, -0.25) is 10.1 Å². The van der Waals surface area contributed by atoms with E-state index in [2.05, 4.69) is 61.8 Å². The summed E-state index contributed by atoms with van der Waals surface area (Å²) < 4.78 is 16.0. The van der Waals surface area contributed by atoms with Crippen molar-refractivity contribution < 1.29 is 23.8 Å². The molecule has 1 heterocycles. The number of aromatic nitrogens is 2. The molecule has 49 heavy (non-hydrogen) atoms. The normalized spacial score (nSPS) is 12.0. The molecule has 0 bridgehead atoms. The molecular formula is C35H50N8O6. The lowest BCUT2D eigenvalue weighted by atomic mass is 9.82. The fourth-order valence-electron chi connectivity index (χ4n) is 5.11. The third-order valence-corrected chi connectivity index (χ3v) is 7.51. The van der Waals surface area contributed by atoms with Crippen LogP contribution in [-0.4, -0.2) is 75.2 Å². The molecule has 4 N–H and O–H groups in total. The molecule has 1 aromatic heterocycles. The van der Waals surface area contributed by atoms with Gasteiger partial charge in [0, 0.05) is 44.2 Å². The van der Waals surface area contributed by atoms with E-state index in [-0.39, 0.29) is 18.0 Å². The van der Waals surface area contributed by atoms with Crippen LogP contribution in [0.5, 0.6) is 5.75 Å². The summed E-state index contributed by atoms with van der Waals surface area (Å²) in [6, 6.07) is 16.0. The van der Waals surface area contributed by atoms with Crippen LogP contribution in [-0.2, 0) is 9.47 Å². The Labute approximate surface area is 288 Å². The van der Waals surface area contributed by atoms with Gasteiger partial charge in [-0.25, -0.2) is 9.59 Å². The number of carbonyl (C=O) groups excluding carboxylic acids is 2. The van der Waals surface area contributed by atoms with Gasteiger partial charge in [-0.1, -0.05) is 20.8 Å². The Hall–Kier alpha value is -4.98. The van der Waals surface area contributed by atoms with E-state index in [1.165, 1.54) is 6.07 Å². The second-order valence-corrected chi connectivity index (χ2v) is 12.5. The molecule has 14 nitrogen and oxygen atoms in total. The maximum absolute atomic E-state index is 12.3. The molecule has 3 aromatic rings. The second kappa shape index (κ2) is 19.7. The first-order chi connectivity index (χ1) is 23.5. The molecule has 0 radical (unpaired) electrons. The van der Waals surface area contributed by atoms with Crippen LogP contribution in [0.25, 0.3) is 0 Å². The van der Waals surface area contributed by atoms with E-state index in [1.54, 1.807) is 14.0 Å². The number of hydrogen-bond acceptors (Lipinski definition) is 10. The maximum atomic E-state index is 12.3. The molecule has 0 saturated carbocycles. The van der Waals surface area contributed by atoms with Crippen molar-refractivity contribution >= 4 is 35.1 Å². The standard InChI is InChI=1S/C35H50N8O6/c1-7-43(29-12-8-27(9-13-29)41-42-28-10-14-30(15-11-28)48-21-20-47-6)18-19-49-34(46)36-17-16-25(2)23-35(4,5)24-37-33(45)40-32-38-26(3)22-31(44)39-32/h8-15,22,25H,7,16-21,23-24H2,1-6H3,(H,36,46)(H3,37,38,39,40,44,45)/b42-41+. The zero-order valence-electron chi connectivity index (χ0n) is 29.4. The minimum atomic E-state index is -0.450. The molecule has 2 aromatic carbocycles. The molecule has 14 heteroatoms. The Kier molecular flexibility index (Phi) is 15.5. The first-order valence-corrected chi connectivity index (χ1v) is 16.5. The molecule has 0 aliphatic carbocycles. The van der Waals surface area contributed by atoms with Crippen LogP contribution >= 0.6 is 0 Å². The van der Waals surface area contributed by atoms with Crippen LogP contribution in [0.2, 0.25) is 0 Å². The number of azo groups is 1. The van der Waals surface area contributed by atoms with Crippen LogP contribution in [0.1, 0.15) is 46.2 Å². The monoisotopic (exact) mass is 678 g/mol. The Morgan fingerprint density at radius 1 is 1.00 bits per heavy atom. The minimum Gasteiger partial charge on any atom is -0.491 e. The van der Waals surface area contributed by atoms with Crippen molar-refractivity contribution in [2.75, 3.05) is 63.3 Å². The molecule has 0 aliphatic rings. The number of urea groups is 1. The van der Waals surface area contributed by atoms with Crippen molar-refractivity contribution in [3.63, 3.8) is 0 Å². The summed E-state index contributed by atoms with van der Waals surface area (Å²) in [6.45, 7) is 13.5. The lowest BCUT2D eigenvalue weighted by molar-refractivity contribution is 0.146. The molecule has 1 unspecified atom stereocenters. The van der Waals surface area contributed by atoms with Gasteiger partial charge < -0.3 is 34.7 Å². The number of rotatable bonds is 19. The number of aryl methyl sites for hydroxylation is 1. The smallest absolute Gasteiger partial charge is 0.407 e. The molecule has 0 saturated heterocycles. The van der Waals surface area contributed by atoms with Crippen LogP contribution in [0.4, 0.5) is 32.6 Å². The lowest BCUT2D eigenvalue weighted by Crippen LogP contribution is -2.38. The van der Waals surface area contributed by atoms with Gasteiger partial charge in [0.05, 0.1) is 24.5 Å². The van der Waals surface area contributed by atoms with Gasteiger partial charge in [0.25, 0.3) is 5.56 Å². The molecule has 3 rings (SSSR count). The van der Waals surface area contributed by atoms with Gasteiger partial charge >= 0.3 is 12.1 Å². The van der Waals surface area contributed by atoms with Crippen molar-refractivity contribution in [2.45, 2.75) is 47.5 Å². The number of amides is 3. The number of likely N-dealkylation sites (N-methyl/N-ethyl adjacent to an activating group) is 1. The summed E-state index contributed by atoms with van der Waals surface area (Å²) in [5.41, 5.74) is 2.43. The van der Waals surface area contributed by atoms with Crippen molar-refractivity contribution in [3.05, 3.63) is 70.6 Å². The van der Waals surface area contributed by atoms with E-state index in [9.17, 15) is 14.4 Å². The zero-order chi connectivity index (χ0) is 35.6. The topological polar surface area (TPSA) is 172 Å².